The Morgan fingerprint density at radius 3 is 2.06 bits per heavy atom. The van der Waals surface area contributed by atoms with Gasteiger partial charge >= 0.3 is 0 Å². The third kappa shape index (κ3) is 3.83. The first-order valence-corrected chi connectivity index (χ1v) is 5.94. The van der Waals surface area contributed by atoms with Crippen LogP contribution in [0.4, 0.5) is 0 Å². The molecule has 0 heterocycles. The molecule has 0 bridgehead atoms. The molecule has 90 valence electrons. The summed E-state index contributed by atoms with van der Waals surface area (Å²) >= 11 is 0. The predicted molar refractivity (Wildman–Crippen MR) is 67.7 cm³/mol. The van der Waals surface area contributed by atoms with Gasteiger partial charge in [-0.05, 0) is 56.5 Å². The minimum absolute atomic E-state index is 0.477. The highest BCUT2D eigenvalue weighted by molar-refractivity contribution is 5.29. The van der Waals surface area contributed by atoms with Crippen LogP contribution >= 0.6 is 0 Å². The van der Waals surface area contributed by atoms with Crippen molar-refractivity contribution in [1.29, 1.82) is 0 Å². The van der Waals surface area contributed by atoms with Crippen molar-refractivity contribution in [2.75, 3.05) is 19.7 Å². The largest absolute Gasteiger partial charge is 0.494 e. The third-order valence-corrected chi connectivity index (χ3v) is 2.69. The molecule has 0 atom stereocenters. The molecule has 0 saturated heterocycles. The maximum Gasteiger partial charge on any atom is 0.119 e. The smallest absolute Gasteiger partial charge is 0.119 e. The standard InChI is InChI=1S/C13H22N2O/c1-2-16-13-5-3-11(4-6-13)12(7-9-14)8-10-15/h3-6,12H,2,7-10,14-15H2,1H3. The molecular weight excluding hydrogens is 200 g/mol. The van der Waals surface area contributed by atoms with E-state index >= 15 is 0 Å². The molecule has 0 amide bonds. The topological polar surface area (TPSA) is 61.3 Å². The summed E-state index contributed by atoms with van der Waals surface area (Å²) in [6.07, 6.45) is 1.98. The maximum absolute atomic E-state index is 5.61. The molecule has 4 N–H and O–H groups in total. The molecule has 0 spiro atoms. The summed E-state index contributed by atoms with van der Waals surface area (Å²) < 4.78 is 5.41. The summed E-state index contributed by atoms with van der Waals surface area (Å²) in [4.78, 5) is 0. The quantitative estimate of drug-likeness (QED) is 0.740. The average molecular weight is 222 g/mol. The van der Waals surface area contributed by atoms with Gasteiger partial charge in [-0.25, -0.2) is 0 Å². The molecule has 1 aromatic rings. The second kappa shape index (κ2) is 7.25. The van der Waals surface area contributed by atoms with Crippen LogP contribution in [0.5, 0.6) is 5.75 Å². The molecule has 16 heavy (non-hydrogen) atoms. The predicted octanol–water partition coefficient (Wildman–Crippen LogP) is 1.87. The lowest BCUT2D eigenvalue weighted by Gasteiger charge is -2.16. The highest BCUT2D eigenvalue weighted by Gasteiger charge is 2.09. The Bertz CT molecular complexity index is 278. The van der Waals surface area contributed by atoms with E-state index in [0.717, 1.165) is 18.6 Å². The van der Waals surface area contributed by atoms with E-state index in [1.54, 1.807) is 0 Å². The number of benzene rings is 1. The van der Waals surface area contributed by atoms with Crippen molar-refractivity contribution in [2.24, 2.45) is 11.5 Å². The lowest BCUT2D eigenvalue weighted by molar-refractivity contribution is 0.340. The van der Waals surface area contributed by atoms with Crippen molar-refractivity contribution in [1.82, 2.24) is 0 Å². The Balaban J connectivity index is 2.68. The Labute approximate surface area is 97.8 Å². The third-order valence-electron chi connectivity index (χ3n) is 2.69. The fourth-order valence-electron chi connectivity index (χ4n) is 1.88. The summed E-state index contributed by atoms with van der Waals surface area (Å²) in [5.74, 6) is 1.40. The first-order chi connectivity index (χ1) is 7.81. The first kappa shape index (κ1) is 13.0. The normalized spacial score (nSPS) is 10.8. The Hall–Kier alpha value is -1.06. The van der Waals surface area contributed by atoms with Gasteiger partial charge in [0.2, 0.25) is 0 Å². The summed E-state index contributed by atoms with van der Waals surface area (Å²) in [5.41, 5.74) is 12.5. The molecular formula is C13H22N2O. The van der Waals surface area contributed by atoms with Crippen molar-refractivity contribution in [3.8, 4) is 5.75 Å². The summed E-state index contributed by atoms with van der Waals surface area (Å²) in [5, 5.41) is 0. The van der Waals surface area contributed by atoms with Crippen molar-refractivity contribution < 1.29 is 4.74 Å². The van der Waals surface area contributed by atoms with Gasteiger partial charge < -0.3 is 16.2 Å². The molecule has 0 radical (unpaired) electrons. The van der Waals surface area contributed by atoms with E-state index in [2.05, 4.69) is 12.1 Å². The molecule has 1 aromatic carbocycles. The van der Waals surface area contributed by atoms with Crippen LogP contribution in [-0.4, -0.2) is 19.7 Å². The molecule has 0 aliphatic rings. The zero-order valence-corrected chi connectivity index (χ0v) is 9.99. The summed E-state index contributed by atoms with van der Waals surface area (Å²) in [6, 6.07) is 8.25. The van der Waals surface area contributed by atoms with Gasteiger partial charge in [-0.15, -0.1) is 0 Å². The molecule has 0 aromatic heterocycles. The Morgan fingerprint density at radius 1 is 1.06 bits per heavy atom. The lowest BCUT2D eigenvalue weighted by atomic mass is 9.92. The minimum atomic E-state index is 0.477. The summed E-state index contributed by atoms with van der Waals surface area (Å²) in [7, 11) is 0. The molecule has 1 rings (SSSR count). The van der Waals surface area contributed by atoms with Crippen LogP contribution < -0.4 is 16.2 Å². The van der Waals surface area contributed by atoms with Crippen LogP contribution in [0.3, 0.4) is 0 Å². The number of ether oxygens (including phenoxy) is 1. The molecule has 3 nitrogen and oxygen atoms in total. The van der Waals surface area contributed by atoms with Gasteiger partial charge in [0, 0.05) is 0 Å². The fourth-order valence-corrected chi connectivity index (χ4v) is 1.88. The van der Waals surface area contributed by atoms with E-state index in [4.69, 9.17) is 16.2 Å². The van der Waals surface area contributed by atoms with Crippen LogP contribution in [0.25, 0.3) is 0 Å². The van der Waals surface area contributed by atoms with Crippen LogP contribution in [0.1, 0.15) is 31.2 Å². The van der Waals surface area contributed by atoms with Crippen LogP contribution in [0, 0.1) is 0 Å². The van der Waals surface area contributed by atoms with E-state index in [9.17, 15) is 0 Å². The highest BCUT2D eigenvalue weighted by Crippen LogP contribution is 2.24. The second-order valence-electron chi connectivity index (χ2n) is 3.85. The van der Waals surface area contributed by atoms with Gasteiger partial charge in [0.05, 0.1) is 6.61 Å². The first-order valence-electron chi connectivity index (χ1n) is 5.94. The van der Waals surface area contributed by atoms with E-state index in [1.807, 2.05) is 19.1 Å². The van der Waals surface area contributed by atoms with E-state index < -0.39 is 0 Å². The Kier molecular flexibility index (Phi) is 5.90. The van der Waals surface area contributed by atoms with Gasteiger partial charge in [0.25, 0.3) is 0 Å². The monoisotopic (exact) mass is 222 g/mol. The van der Waals surface area contributed by atoms with E-state index in [0.29, 0.717) is 25.6 Å². The van der Waals surface area contributed by atoms with Gasteiger partial charge in [-0.2, -0.15) is 0 Å². The molecule has 0 saturated carbocycles. The van der Waals surface area contributed by atoms with Gasteiger partial charge in [-0.1, -0.05) is 12.1 Å². The van der Waals surface area contributed by atoms with E-state index in [1.165, 1.54) is 5.56 Å². The van der Waals surface area contributed by atoms with Gasteiger partial charge in [0.15, 0.2) is 0 Å². The zero-order chi connectivity index (χ0) is 11.8. The molecule has 0 aliphatic carbocycles. The fraction of sp³-hybridized carbons (Fsp3) is 0.538. The second-order valence-corrected chi connectivity index (χ2v) is 3.85. The number of nitrogens with two attached hydrogens (primary N) is 2. The van der Waals surface area contributed by atoms with Gasteiger partial charge in [-0.3, -0.25) is 0 Å². The Morgan fingerprint density at radius 2 is 1.62 bits per heavy atom. The van der Waals surface area contributed by atoms with Crippen molar-refractivity contribution in [3.05, 3.63) is 29.8 Å². The zero-order valence-electron chi connectivity index (χ0n) is 9.99. The SMILES string of the molecule is CCOc1ccc(C(CCN)CCN)cc1. The highest BCUT2D eigenvalue weighted by atomic mass is 16.5. The average Bonchev–Trinajstić information content (AvgIpc) is 2.30. The molecule has 0 fully saturated rings. The number of rotatable bonds is 7. The van der Waals surface area contributed by atoms with E-state index in [-0.39, 0.29) is 0 Å². The molecule has 3 heteroatoms. The van der Waals surface area contributed by atoms with Crippen molar-refractivity contribution in [3.63, 3.8) is 0 Å². The maximum atomic E-state index is 5.61. The van der Waals surface area contributed by atoms with Crippen molar-refractivity contribution in [2.45, 2.75) is 25.7 Å². The lowest BCUT2D eigenvalue weighted by Crippen LogP contribution is -2.12. The van der Waals surface area contributed by atoms with Crippen molar-refractivity contribution >= 4 is 0 Å². The van der Waals surface area contributed by atoms with Crippen LogP contribution in [0.15, 0.2) is 24.3 Å². The number of hydrogen-bond acceptors (Lipinski definition) is 3. The number of hydrogen-bond donors (Lipinski definition) is 2. The summed E-state index contributed by atoms with van der Waals surface area (Å²) in [6.45, 7) is 4.10. The van der Waals surface area contributed by atoms with Crippen LogP contribution in [-0.2, 0) is 0 Å². The van der Waals surface area contributed by atoms with Crippen LogP contribution in [0.2, 0.25) is 0 Å². The minimum Gasteiger partial charge on any atom is -0.494 e. The van der Waals surface area contributed by atoms with Gasteiger partial charge in [0.1, 0.15) is 5.75 Å². The molecule has 0 aliphatic heterocycles. The molecule has 0 unspecified atom stereocenters.